The van der Waals surface area contributed by atoms with E-state index in [1.54, 1.807) is 6.33 Å². The Morgan fingerprint density at radius 1 is 0.868 bits per heavy atom. The van der Waals surface area contributed by atoms with Crippen molar-refractivity contribution in [3.8, 4) is 22.6 Å². The normalized spacial score (nSPS) is 15.7. The summed E-state index contributed by atoms with van der Waals surface area (Å²) in [6.07, 6.45) is 3.90. The lowest BCUT2D eigenvalue weighted by Gasteiger charge is -2.42. The molecule has 2 aromatic heterocycles. The lowest BCUT2D eigenvalue weighted by atomic mass is 10.1. The highest BCUT2D eigenvalue weighted by molar-refractivity contribution is 6.02. The summed E-state index contributed by atoms with van der Waals surface area (Å²) in [4.78, 5) is 14.6. The van der Waals surface area contributed by atoms with Crippen molar-refractivity contribution in [3.63, 3.8) is 0 Å². The van der Waals surface area contributed by atoms with Crippen molar-refractivity contribution in [1.29, 1.82) is 0 Å². The van der Waals surface area contributed by atoms with Crippen LogP contribution in [0.2, 0.25) is 0 Å². The first-order valence-corrected chi connectivity index (χ1v) is 13.4. The van der Waals surface area contributed by atoms with Crippen LogP contribution in [-0.2, 0) is 0 Å². The predicted octanol–water partition coefficient (Wildman–Crippen LogP) is 6.51. The van der Waals surface area contributed by atoms with Crippen LogP contribution in [-0.4, -0.2) is 46.8 Å². The van der Waals surface area contributed by atoms with Gasteiger partial charge < -0.3 is 19.1 Å². The zero-order valence-electron chi connectivity index (χ0n) is 22.2. The second-order valence-electron chi connectivity index (χ2n) is 9.93. The van der Waals surface area contributed by atoms with E-state index in [0.29, 0.717) is 12.6 Å². The molecule has 1 saturated heterocycles. The highest BCUT2D eigenvalue weighted by Crippen LogP contribution is 2.37. The maximum Gasteiger partial charge on any atom is 0.150 e. The van der Waals surface area contributed by atoms with Crippen LogP contribution in [0.25, 0.3) is 27.8 Å². The number of anilines is 2. The molecule has 192 valence electrons. The molecule has 1 fully saturated rings. The standard InChI is InChI=1S/C32H33N5O/c1-4-38-28-16-14-27(15-17-28)37-21-29(25-8-6-5-7-9-25)30-31(33-22-34-32(30)37)35-18-19-36(24(3)20-35)26-12-10-23(2)11-13-26/h5-17,21-22,24H,4,18-20H2,1-3H3/t24-/m0/s1. The monoisotopic (exact) mass is 503 g/mol. The third kappa shape index (κ3) is 4.47. The van der Waals surface area contributed by atoms with Crippen LogP contribution >= 0.6 is 0 Å². The van der Waals surface area contributed by atoms with Crippen LogP contribution in [0.5, 0.6) is 5.75 Å². The first-order chi connectivity index (χ1) is 18.6. The van der Waals surface area contributed by atoms with Gasteiger partial charge in [0.1, 0.15) is 17.9 Å². The van der Waals surface area contributed by atoms with Crippen molar-refractivity contribution < 1.29 is 4.74 Å². The summed E-state index contributed by atoms with van der Waals surface area (Å²) in [5, 5.41) is 1.09. The quantitative estimate of drug-likeness (QED) is 0.264. The number of hydrogen-bond acceptors (Lipinski definition) is 5. The molecule has 1 aliphatic rings. The van der Waals surface area contributed by atoms with E-state index in [4.69, 9.17) is 14.7 Å². The molecule has 0 radical (unpaired) electrons. The molecule has 3 aromatic carbocycles. The number of hydrogen-bond donors (Lipinski definition) is 0. The number of benzene rings is 3. The highest BCUT2D eigenvalue weighted by Gasteiger charge is 2.28. The van der Waals surface area contributed by atoms with E-state index < -0.39 is 0 Å². The van der Waals surface area contributed by atoms with Crippen LogP contribution in [0, 0.1) is 6.92 Å². The molecule has 6 nitrogen and oxygen atoms in total. The maximum atomic E-state index is 5.67. The number of aromatic nitrogens is 3. The Bertz CT molecular complexity index is 1530. The number of ether oxygens (including phenoxy) is 1. The first kappa shape index (κ1) is 24.0. The average molecular weight is 504 g/mol. The van der Waals surface area contributed by atoms with Crippen molar-refractivity contribution in [2.75, 3.05) is 36.0 Å². The Kier molecular flexibility index (Phi) is 6.46. The second kappa shape index (κ2) is 10.2. The van der Waals surface area contributed by atoms with Crippen LogP contribution < -0.4 is 14.5 Å². The predicted molar refractivity (Wildman–Crippen MR) is 156 cm³/mol. The van der Waals surface area contributed by atoms with Gasteiger partial charge in [-0.2, -0.15) is 0 Å². The number of aryl methyl sites for hydroxylation is 1. The molecule has 0 N–H and O–H groups in total. The summed E-state index contributed by atoms with van der Waals surface area (Å²) in [7, 11) is 0. The fourth-order valence-corrected chi connectivity index (χ4v) is 5.46. The molecule has 6 rings (SSSR count). The molecule has 3 heterocycles. The lowest BCUT2D eigenvalue weighted by Crippen LogP contribution is -2.52. The van der Waals surface area contributed by atoms with Crippen LogP contribution in [0.4, 0.5) is 11.5 Å². The third-order valence-electron chi connectivity index (χ3n) is 7.37. The van der Waals surface area contributed by atoms with Crippen molar-refractivity contribution >= 4 is 22.5 Å². The Labute approximate surface area is 224 Å². The molecule has 0 unspecified atom stereocenters. The summed E-state index contributed by atoms with van der Waals surface area (Å²) in [5.41, 5.74) is 6.81. The number of rotatable bonds is 6. The van der Waals surface area contributed by atoms with Gasteiger partial charge in [0, 0.05) is 48.8 Å². The zero-order valence-corrected chi connectivity index (χ0v) is 22.2. The average Bonchev–Trinajstić information content (AvgIpc) is 3.35. The molecule has 38 heavy (non-hydrogen) atoms. The van der Waals surface area contributed by atoms with Gasteiger partial charge in [0.05, 0.1) is 12.0 Å². The summed E-state index contributed by atoms with van der Waals surface area (Å²) in [6.45, 7) is 9.81. The minimum Gasteiger partial charge on any atom is -0.494 e. The molecule has 5 aromatic rings. The molecule has 0 aliphatic carbocycles. The SMILES string of the molecule is CCOc1ccc(-n2cc(-c3ccccc3)c3c(N4CCN(c5ccc(C)cc5)[C@@H](C)C4)ncnc32)cc1. The lowest BCUT2D eigenvalue weighted by molar-refractivity contribution is 0.340. The van der Waals surface area contributed by atoms with Crippen LogP contribution in [0.3, 0.4) is 0 Å². The molecule has 1 atom stereocenters. The Morgan fingerprint density at radius 3 is 2.32 bits per heavy atom. The minimum absolute atomic E-state index is 0.352. The van der Waals surface area contributed by atoms with Crippen molar-refractivity contribution in [1.82, 2.24) is 14.5 Å². The summed E-state index contributed by atoms with van der Waals surface area (Å²) in [5.74, 6) is 1.86. The van der Waals surface area contributed by atoms with E-state index in [-0.39, 0.29) is 0 Å². The molecule has 0 amide bonds. The van der Waals surface area contributed by atoms with E-state index in [9.17, 15) is 0 Å². The smallest absolute Gasteiger partial charge is 0.150 e. The fraction of sp³-hybridized carbons (Fsp3) is 0.250. The van der Waals surface area contributed by atoms with Crippen LogP contribution in [0.15, 0.2) is 91.4 Å². The maximum absolute atomic E-state index is 5.67. The number of fused-ring (bicyclic) bond motifs is 1. The van der Waals surface area contributed by atoms with Gasteiger partial charge in [-0.25, -0.2) is 9.97 Å². The van der Waals surface area contributed by atoms with Crippen molar-refractivity contribution in [2.24, 2.45) is 0 Å². The van der Waals surface area contributed by atoms with E-state index in [0.717, 1.165) is 59.0 Å². The van der Waals surface area contributed by atoms with Crippen LogP contribution in [0.1, 0.15) is 19.4 Å². The van der Waals surface area contributed by atoms with Gasteiger partial charge in [0.15, 0.2) is 5.65 Å². The van der Waals surface area contributed by atoms with E-state index in [1.165, 1.54) is 11.3 Å². The highest BCUT2D eigenvalue weighted by atomic mass is 16.5. The van der Waals surface area contributed by atoms with Gasteiger partial charge in [0.2, 0.25) is 0 Å². The van der Waals surface area contributed by atoms with Crippen molar-refractivity contribution in [3.05, 3.63) is 97.0 Å². The van der Waals surface area contributed by atoms with Gasteiger partial charge >= 0.3 is 0 Å². The summed E-state index contributed by atoms with van der Waals surface area (Å²) >= 11 is 0. The molecule has 6 heteroatoms. The Morgan fingerprint density at radius 2 is 1.61 bits per heavy atom. The van der Waals surface area contributed by atoms with Gasteiger partial charge in [-0.1, -0.05) is 48.0 Å². The summed E-state index contributed by atoms with van der Waals surface area (Å²) in [6, 6.07) is 27.9. The Balaban J connectivity index is 1.41. The van der Waals surface area contributed by atoms with E-state index >= 15 is 0 Å². The molecular weight excluding hydrogens is 470 g/mol. The first-order valence-electron chi connectivity index (χ1n) is 13.4. The number of piperazine rings is 1. The van der Waals surface area contributed by atoms with Gasteiger partial charge in [-0.05, 0) is 62.7 Å². The van der Waals surface area contributed by atoms with Crippen molar-refractivity contribution in [2.45, 2.75) is 26.8 Å². The summed E-state index contributed by atoms with van der Waals surface area (Å²) < 4.78 is 7.84. The zero-order chi connectivity index (χ0) is 26.1. The molecule has 1 aliphatic heterocycles. The van der Waals surface area contributed by atoms with E-state index in [2.05, 4.69) is 101 Å². The molecular formula is C32H33N5O. The molecule has 0 saturated carbocycles. The molecule has 0 bridgehead atoms. The largest absolute Gasteiger partial charge is 0.494 e. The second-order valence-corrected chi connectivity index (χ2v) is 9.93. The van der Waals surface area contributed by atoms with Gasteiger partial charge in [-0.3, -0.25) is 0 Å². The molecule has 0 spiro atoms. The van der Waals surface area contributed by atoms with E-state index in [1.807, 2.05) is 19.1 Å². The van der Waals surface area contributed by atoms with Gasteiger partial charge in [-0.15, -0.1) is 0 Å². The van der Waals surface area contributed by atoms with Gasteiger partial charge in [0.25, 0.3) is 0 Å². The fourth-order valence-electron chi connectivity index (χ4n) is 5.46. The third-order valence-corrected chi connectivity index (χ3v) is 7.37. The Hall–Kier alpha value is -4.32. The minimum atomic E-state index is 0.352. The number of nitrogens with zero attached hydrogens (tertiary/aromatic N) is 5. The topological polar surface area (TPSA) is 46.4 Å².